The molecule has 10 aromatic rings. The standard InChI is InChI=1S/C15H12Cl4.C14H10Cl4.C14H12I2.C13H8Br4.C13H10Cl2/c1-15(2,9-3-11(16)7-12(17)4-9)10-5-13(18)8-14(19)6-10;15-11-3-1-4-12(16)9(11)7-8-10-13(17)5-2-6-14(10)18;1-10(11-2-6-13(15)7-3-11)12-4-8-14(16)9-5-12;14-10-3-1-4-11(15)8(10)7-9-12(16)5-2-6-13(9)17;14-12-7-3-1-5-10(12)9-11-6-2-4-8-13(11)15/h3-8H,1-2H3;1-6H,7-8H2;2-10H,1H3;1-6H,7H2;1-8H,9H2. The fourth-order valence-corrected chi connectivity index (χ4v) is 14.5. The van der Waals surface area contributed by atoms with Crippen molar-refractivity contribution in [3.8, 4) is 0 Å². The van der Waals surface area contributed by atoms with Crippen LogP contribution in [0, 0.1) is 7.14 Å². The van der Waals surface area contributed by atoms with Gasteiger partial charge in [0.2, 0.25) is 0 Å². The topological polar surface area (TPSA) is 0 Å². The molecule has 0 spiro atoms. The third-order valence-electron chi connectivity index (χ3n) is 13.4. The van der Waals surface area contributed by atoms with E-state index in [4.69, 9.17) is 116 Å². The van der Waals surface area contributed by atoms with E-state index in [-0.39, 0.29) is 5.41 Å². The molecule has 16 heteroatoms. The van der Waals surface area contributed by atoms with Crippen molar-refractivity contribution in [1.82, 2.24) is 0 Å². The summed E-state index contributed by atoms with van der Waals surface area (Å²) in [5.41, 5.74) is 11.1. The molecular formula is C69H52Br4Cl10I2. The molecule has 0 aliphatic carbocycles. The zero-order chi connectivity index (χ0) is 62.0. The van der Waals surface area contributed by atoms with E-state index in [1.54, 1.807) is 12.1 Å². The molecule has 0 aliphatic rings. The first-order valence-corrected chi connectivity index (χ1v) is 35.1. The molecule has 440 valence electrons. The molecule has 85 heavy (non-hydrogen) atoms. The van der Waals surface area contributed by atoms with Crippen LogP contribution >= 0.6 is 225 Å². The highest BCUT2D eigenvalue weighted by molar-refractivity contribution is 14.1. The van der Waals surface area contributed by atoms with Crippen LogP contribution in [0.4, 0.5) is 0 Å². The van der Waals surface area contributed by atoms with E-state index >= 15 is 0 Å². The Hall–Kier alpha value is -1.52. The lowest BCUT2D eigenvalue weighted by Gasteiger charge is -2.27. The Balaban J connectivity index is 0.000000171. The summed E-state index contributed by atoms with van der Waals surface area (Å²) in [7, 11) is 0. The summed E-state index contributed by atoms with van der Waals surface area (Å²) >= 11 is 80.0. The lowest BCUT2D eigenvalue weighted by Crippen LogP contribution is -2.19. The zero-order valence-electron chi connectivity index (χ0n) is 45.6. The molecule has 10 rings (SSSR count). The number of hydrogen-bond donors (Lipinski definition) is 0. The van der Waals surface area contributed by atoms with Gasteiger partial charge in [0.1, 0.15) is 0 Å². The first-order chi connectivity index (χ1) is 40.4. The molecule has 0 fully saturated rings. The second-order valence-corrected chi connectivity index (χ2v) is 29.7. The van der Waals surface area contributed by atoms with E-state index in [2.05, 4.69) is 202 Å². The highest BCUT2D eigenvalue weighted by Crippen LogP contribution is 2.38. The second-order valence-electron chi connectivity index (χ2n) is 19.6. The van der Waals surface area contributed by atoms with Crippen molar-refractivity contribution >= 4 is 225 Å². The van der Waals surface area contributed by atoms with Crippen LogP contribution in [0.25, 0.3) is 0 Å². The second kappa shape index (κ2) is 35.9. The monoisotopic (exact) mass is 1800 g/mol. The van der Waals surface area contributed by atoms with Crippen LogP contribution in [0.15, 0.2) is 224 Å². The SMILES string of the molecule is Brc1cccc(Br)c1Cc1c(Br)cccc1Br.CC(C)(c1cc(Cl)cc(Cl)c1)c1cc(Cl)cc(Cl)c1.CC(c1ccc(I)cc1)c1ccc(I)cc1.Clc1cccc(Cl)c1CCc1c(Cl)cccc1Cl.Clc1ccccc1Cc1ccccc1Cl. The van der Waals surface area contributed by atoms with Gasteiger partial charge in [-0.2, -0.15) is 0 Å². The maximum absolute atomic E-state index is 6.12. The molecule has 0 nitrogen and oxygen atoms in total. The van der Waals surface area contributed by atoms with Gasteiger partial charge in [0, 0.05) is 99.4 Å². The van der Waals surface area contributed by atoms with Crippen LogP contribution in [0.5, 0.6) is 0 Å². The first kappa shape index (κ1) is 72.5. The third kappa shape index (κ3) is 22.7. The Labute approximate surface area is 611 Å². The summed E-state index contributed by atoms with van der Waals surface area (Å²) in [6.45, 7) is 6.42. The number of rotatable bonds is 11. The lowest BCUT2D eigenvalue weighted by atomic mass is 9.78. The molecule has 0 aliphatic heterocycles. The van der Waals surface area contributed by atoms with Crippen LogP contribution in [0.3, 0.4) is 0 Å². The van der Waals surface area contributed by atoms with Gasteiger partial charge in [-0.1, -0.05) is 285 Å². The Morgan fingerprint density at radius 2 is 0.624 bits per heavy atom. The van der Waals surface area contributed by atoms with Crippen molar-refractivity contribution in [3.63, 3.8) is 0 Å². The van der Waals surface area contributed by atoms with E-state index in [1.807, 2.05) is 121 Å². The predicted octanol–water partition coefficient (Wildman–Crippen LogP) is 28.7. The van der Waals surface area contributed by atoms with Crippen molar-refractivity contribution in [1.29, 1.82) is 0 Å². The van der Waals surface area contributed by atoms with Gasteiger partial charge in [0.15, 0.2) is 0 Å². The molecule has 0 atom stereocenters. The van der Waals surface area contributed by atoms with Crippen LogP contribution in [-0.4, -0.2) is 0 Å². The molecule has 10 aromatic carbocycles. The number of benzene rings is 10. The van der Waals surface area contributed by atoms with Crippen molar-refractivity contribution in [2.45, 2.75) is 57.8 Å². The maximum Gasteiger partial charge on any atom is 0.0452 e. The normalized spacial score (nSPS) is 10.8. The minimum atomic E-state index is -0.289. The van der Waals surface area contributed by atoms with Gasteiger partial charge in [-0.15, -0.1) is 0 Å². The predicted molar refractivity (Wildman–Crippen MR) is 403 cm³/mol. The Morgan fingerprint density at radius 3 is 0.929 bits per heavy atom. The van der Waals surface area contributed by atoms with Gasteiger partial charge in [-0.25, -0.2) is 0 Å². The highest BCUT2D eigenvalue weighted by atomic mass is 127. The van der Waals surface area contributed by atoms with Gasteiger partial charge < -0.3 is 0 Å². The summed E-state index contributed by atoms with van der Waals surface area (Å²) < 4.78 is 7.06. The first-order valence-electron chi connectivity index (χ1n) is 26.0. The molecule has 0 amide bonds. The van der Waals surface area contributed by atoms with Crippen LogP contribution in [0.2, 0.25) is 50.2 Å². The minimum absolute atomic E-state index is 0.289. The van der Waals surface area contributed by atoms with Crippen molar-refractivity contribution < 1.29 is 0 Å². The number of hydrogen-bond acceptors (Lipinski definition) is 0. The minimum Gasteiger partial charge on any atom is -0.0843 e. The van der Waals surface area contributed by atoms with Crippen molar-refractivity contribution in [2.75, 3.05) is 0 Å². The van der Waals surface area contributed by atoms with Crippen LogP contribution < -0.4 is 0 Å². The largest absolute Gasteiger partial charge is 0.0843 e. The summed E-state index contributed by atoms with van der Waals surface area (Å²) in [4.78, 5) is 0. The lowest BCUT2D eigenvalue weighted by molar-refractivity contribution is 0.641. The average molecular weight is 1810 g/mol. The Kier molecular flexibility index (Phi) is 30.6. The molecule has 0 bridgehead atoms. The maximum atomic E-state index is 6.12. The highest BCUT2D eigenvalue weighted by Gasteiger charge is 2.25. The molecule has 0 saturated heterocycles. The molecule has 0 heterocycles. The van der Waals surface area contributed by atoms with E-state index < -0.39 is 0 Å². The van der Waals surface area contributed by atoms with Gasteiger partial charge in [-0.3, -0.25) is 0 Å². The molecule has 0 N–H and O–H groups in total. The molecule has 0 unspecified atom stereocenters. The quantitative estimate of drug-likeness (QED) is 0.113. The molecular weight excluding hydrogens is 1760 g/mol. The van der Waals surface area contributed by atoms with E-state index in [0.29, 0.717) is 58.9 Å². The Morgan fingerprint density at radius 1 is 0.341 bits per heavy atom. The van der Waals surface area contributed by atoms with E-state index in [0.717, 1.165) is 74.2 Å². The van der Waals surface area contributed by atoms with Crippen LogP contribution in [-0.2, 0) is 31.1 Å². The molecule has 0 aromatic heterocycles. The Bertz CT molecular complexity index is 3460. The van der Waals surface area contributed by atoms with E-state index in [9.17, 15) is 0 Å². The summed E-state index contributed by atoms with van der Waals surface area (Å²) in [6.07, 6.45) is 3.06. The zero-order valence-corrected chi connectivity index (χ0v) is 63.8. The third-order valence-corrected chi connectivity index (χ3v) is 20.9. The smallest absolute Gasteiger partial charge is 0.0452 e. The average Bonchev–Trinajstić information content (AvgIpc) is 3.56. The van der Waals surface area contributed by atoms with Crippen molar-refractivity contribution in [2.24, 2.45) is 0 Å². The van der Waals surface area contributed by atoms with Gasteiger partial charge in [0.25, 0.3) is 0 Å². The van der Waals surface area contributed by atoms with Crippen LogP contribution in [0.1, 0.15) is 82.3 Å². The van der Waals surface area contributed by atoms with Gasteiger partial charge in [0.05, 0.1) is 0 Å². The number of halogens is 16. The van der Waals surface area contributed by atoms with Crippen molar-refractivity contribution in [3.05, 3.63) is 337 Å². The van der Waals surface area contributed by atoms with E-state index in [1.165, 1.54) is 29.4 Å². The summed E-state index contributed by atoms with van der Waals surface area (Å²) in [6, 6.07) is 67.5. The van der Waals surface area contributed by atoms with Gasteiger partial charge in [-0.05, 0) is 235 Å². The fraction of sp³-hybridized carbons (Fsp3) is 0.130. The fourth-order valence-electron chi connectivity index (χ4n) is 8.55. The molecule has 0 saturated carbocycles. The molecule has 0 radical (unpaired) electrons. The van der Waals surface area contributed by atoms with Gasteiger partial charge >= 0.3 is 0 Å². The summed E-state index contributed by atoms with van der Waals surface area (Å²) in [5, 5.41) is 6.72. The summed E-state index contributed by atoms with van der Waals surface area (Å²) in [5.74, 6) is 0.467.